The standard InChI is InChI=1S/C13H13BrClNO5/c1-20-11(17)6-16(7-12(18)21-2)13(19)9-5-8(14)3-4-10(9)15/h3-5H,6-7H2,1-2H3. The number of benzene rings is 1. The second kappa shape index (κ2) is 7.99. The van der Waals surface area contributed by atoms with Crippen LogP contribution in [0.1, 0.15) is 10.4 Å². The molecule has 0 aliphatic carbocycles. The summed E-state index contributed by atoms with van der Waals surface area (Å²) < 4.78 is 9.66. The lowest BCUT2D eigenvalue weighted by molar-refractivity contribution is -0.144. The maximum Gasteiger partial charge on any atom is 0.325 e. The molecule has 114 valence electrons. The molecule has 0 aromatic heterocycles. The topological polar surface area (TPSA) is 72.9 Å². The quantitative estimate of drug-likeness (QED) is 0.732. The molecule has 1 amide bonds. The normalized spacial score (nSPS) is 9.90. The van der Waals surface area contributed by atoms with Crippen molar-refractivity contribution in [2.75, 3.05) is 27.3 Å². The number of esters is 2. The summed E-state index contributed by atoms with van der Waals surface area (Å²) in [5, 5.41) is 0.211. The average Bonchev–Trinajstić information content (AvgIpc) is 2.47. The molecule has 0 spiro atoms. The first kappa shape index (κ1) is 17.5. The third kappa shape index (κ3) is 5.02. The zero-order valence-electron chi connectivity index (χ0n) is 11.4. The highest BCUT2D eigenvalue weighted by Gasteiger charge is 2.24. The van der Waals surface area contributed by atoms with E-state index in [2.05, 4.69) is 25.4 Å². The van der Waals surface area contributed by atoms with Crippen LogP contribution in [0, 0.1) is 0 Å². The molecule has 0 radical (unpaired) electrons. The third-order valence-corrected chi connectivity index (χ3v) is 3.36. The van der Waals surface area contributed by atoms with E-state index in [1.54, 1.807) is 6.07 Å². The average molecular weight is 379 g/mol. The van der Waals surface area contributed by atoms with Crippen LogP contribution in [0.3, 0.4) is 0 Å². The van der Waals surface area contributed by atoms with Gasteiger partial charge in [-0.3, -0.25) is 14.4 Å². The summed E-state index contributed by atoms with van der Waals surface area (Å²) in [5.41, 5.74) is 0.166. The van der Waals surface area contributed by atoms with E-state index < -0.39 is 17.8 Å². The Labute approximate surface area is 135 Å². The lowest BCUT2D eigenvalue weighted by atomic mass is 10.2. The van der Waals surface area contributed by atoms with Gasteiger partial charge in [-0.1, -0.05) is 27.5 Å². The van der Waals surface area contributed by atoms with Gasteiger partial charge in [0.1, 0.15) is 13.1 Å². The van der Waals surface area contributed by atoms with Crippen LogP contribution in [0.25, 0.3) is 0 Å². The van der Waals surface area contributed by atoms with Crippen LogP contribution < -0.4 is 0 Å². The fraction of sp³-hybridized carbons (Fsp3) is 0.308. The molecule has 0 saturated heterocycles. The highest BCUT2D eigenvalue weighted by Crippen LogP contribution is 2.22. The number of rotatable bonds is 5. The van der Waals surface area contributed by atoms with Crippen molar-refractivity contribution in [3.8, 4) is 0 Å². The zero-order chi connectivity index (χ0) is 16.0. The van der Waals surface area contributed by atoms with Crippen molar-refractivity contribution in [3.63, 3.8) is 0 Å². The molecule has 1 aromatic rings. The molecule has 0 fully saturated rings. The second-order valence-electron chi connectivity index (χ2n) is 3.94. The van der Waals surface area contributed by atoms with E-state index in [-0.39, 0.29) is 23.7 Å². The smallest absolute Gasteiger partial charge is 0.325 e. The van der Waals surface area contributed by atoms with Gasteiger partial charge < -0.3 is 14.4 Å². The van der Waals surface area contributed by atoms with Gasteiger partial charge in [0.2, 0.25) is 0 Å². The summed E-state index contributed by atoms with van der Waals surface area (Å²) in [6.45, 7) is -0.763. The summed E-state index contributed by atoms with van der Waals surface area (Å²) in [6, 6.07) is 4.71. The largest absolute Gasteiger partial charge is 0.468 e. The summed E-state index contributed by atoms with van der Waals surface area (Å²) in [5.74, 6) is -1.88. The predicted octanol–water partition coefficient (Wildman–Crippen LogP) is 1.89. The Bertz CT molecular complexity index is 545. The number of nitrogens with zero attached hydrogens (tertiary/aromatic N) is 1. The molecule has 0 bridgehead atoms. The molecule has 0 unspecified atom stereocenters. The Morgan fingerprint density at radius 2 is 1.67 bits per heavy atom. The van der Waals surface area contributed by atoms with Crippen molar-refractivity contribution >= 4 is 45.4 Å². The Kier molecular flexibility index (Phi) is 6.64. The van der Waals surface area contributed by atoms with Crippen molar-refractivity contribution in [2.24, 2.45) is 0 Å². The van der Waals surface area contributed by atoms with Gasteiger partial charge in [0.05, 0.1) is 24.8 Å². The molecular weight excluding hydrogens is 366 g/mol. The molecule has 8 heteroatoms. The molecule has 0 N–H and O–H groups in total. The van der Waals surface area contributed by atoms with Gasteiger partial charge in [0.15, 0.2) is 0 Å². The molecule has 0 aliphatic rings. The predicted molar refractivity (Wildman–Crippen MR) is 79.1 cm³/mol. The van der Waals surface area contributed by atoms with Gasteiger partial charge in [-0.2, -0.15) is 0 Å². The maximum atomic E-state index is 12.4. The first-order chi connectivity index (χ1) is 9.88. The number of methoxy groups -OCH3 is 2. The van der Waals surface area contributed by atoms with Crippen LogP contribution in [0.15, 0.2) is 22.7 Å². The van der Waals surface area contributed by atoms with Crippen molar-refractivity contribution in [2.45, 2.75) is 0 Å². The minimum Gasteiger partial charge on any atom is -0.468 e. The van der Waals surface area contributed by atoms with Crippen LogP contribution in [-0.4, -0.2) is 50.1 Å². The van der Waals surface area contributed by atoms with Crippen LogP contribution in [0.5, 0.6) is 0 Å². The van der Waals surface area contributed by atoms with E-state index >= 15 is 0 Å². The molecule has 0 atom stereocenters. The molecule has 1 rings (SSSR count). The molecule has 21 heavy (non-hydrogen) atoms. The van der Waals surface area contributed by atoms with Crippen molar-refractivity contribution in [1.29, 1.82) is 0 Å². The summed E-state index contributed by atoms with van der Waals surface area (Å²) in [7, 11) is 2.38. The van der Waals surface area contributed by atoms with Crippen LogP contribution in [-0.2, 0) is 19.1 Å². The molecular formula is C13H13BrClNO5. The lowest BCUT2D eigenvalue weighted by Crippen LogP contribution is -2.40. The molecule has 6 nitrogen and oxygen atoms in total. The molecule has 0 saturated carbocycles. The minimum atomic E-state index is -0.654. The van der Waals surface area contributed by atoms with Crippen molar-refractivity contribution < 1.29 is 23.9 Å². The third-order valence-electron chi connectivity index (χ3n) is 2.54. The van der Waals surface area contributed by atoms with Crippen molar-refractivity contribution in [3.05, 3.63) is 33.3 Å². The van der Waals surface area contributed by atoms with E-state index in [0.29, 0.717) is 4.47 Å². The first-order valence-electron chi connectivity index (χ1n) is 5.77. The van der Waals surface area contributed by atoms with E-state index in [0.717, 1.165) is 4.90 Å². The van der Waals surface area contributed by atoms with Gasteiger partial charge in [0, 0.05) is 4.47 Å². The highest BCUT2D eigenvalue weighted by atomic mass is 79.9. The molecule has 1 aromatic carbocycles. The van der Waals surface area contributed by atoms with Gasteiger partial charge in [-0.05, 0) is 18.2 Å². The number of halogens is 2. The van der Waals surface area contributed by atoms with Gasteiger partial charge in [0.25, 0.3) is 5.91 Å². The lowest BCUT2D eigenvalue weighted by Gasteiger charge is -2.20. The number of carbonyl (C=O) groups is 3. The molecule has 0 heterocycles. The zero-order valence-corrected chi connectivity index (χ0v) is 13.7. The van der Waals surface area contributed by atoms with Gasteiger partial charge >= 0.3 is 11.9 Å². The minimum absolute atomic E-state index is 0.166. The Hall–Kier alpha value is -1.60. The first-order valence-corrected chi connectivity index (χ1v) is 6.94. The Morgan fingerprint density at radius 1 is 1.14 bits per heavy atom. The van der Waals surface area contributed by atoms with Gasteiger partial charge in [-0.15, -0.1) is 0 Å². The Balaban J connectivity index is 3.05. The van der Waals surface area contributed by atoms with Crippen LogP contribution in [0.2, 0.25) is 5.02 Å². The van der Waals surface area contributed by atoms with Crippen molar-refractivity contribution in [1.82, 2.24) is 4.90 Å². The SMILES string of the molecule is COC(=O)CN(CC(=O)OC)C(=O)c1cc(Br)ccc1Cl. The van der Waals surface area contributed by atoms with Crippen LogP contribution >= 0.6 is 27.5 Å². The summed E-state index contributed by atoms with van der Waals surface area (Å²) in [6.07, 6.45) is 0. The van der Waals surface area contributed by atoms with Gasteiger partial charge in [-0.25, -0.2) is 0 Å². The maximum absolute atomic E-state index is 12.4. The highest BCUT2D eigenvalue weighted by molar-refractivity contribution is 9.10. The number of hydrogen-bond acceptors (Lipinski definition) is 5. The fourth-order valence-electron chi connectivity index (χ4n) is 1.47. The fourth-order valence-corrected chi connectivity index (χ4v) is 2.03. The van der Waals surface area contributed by atoms with E-state index in [9.17, 15) is 14.4 Å². The summed E-state index contributed by atoms with van der Waals surface area (Å²) in [4.78, 5) is 36.2. The number of hydrogen-bond donors (Lipinski definition) is 0. The van der Waals surface area contributed by atoms with E-state index in [1.807, 2.05) is 0 Å². The van der Waals surface area contributed by atoms with E-state index in [1.165, 1.54) is 26.4 Å². The molecule has 0 aliphatic heterocycles. The second-order valence-corrected chi connectivity index (χ2v) is 5.26. The monoisotopic (exact) mass is 377 g/mol. The Morgan fingerprint density at radius 3 is 2.14 bits per heavy atom. The number of ether oxygens (including phenoxy) is 2. The van der Waals surface area contributed by atoms with E-state index in [4.69, 9.17) is 11.6 Å². The number of amides is 1. The summed E-state index contributed by atoms with van der Waals surface area (Å²) >= 11 is 9.21. The number of carbonyl (C=O) groups excluding carboxylic acids is 3. The van der Waals surface area contributed by atoms with Crippen LogP contribution in [0.4, 0.5) is 0 Å².